The fourth-order valence-corrected chi connectivity index (χ4v) is 2.87. The molecule has 3 aromatic rings. The van der Waals surface area contributed by atoms with Crippen LogP contribution in [-0.2, 0) is 13.6 Å². The van der Waals surface area contributed by atoms with Gasteiger partial charge in [0.2, 0.25) is 0 Å². The van der Waals surface area contributed by atoms with Gasteiger partial charge < -0.3 is 15.1 Å². The fourth-order valence-electron chi connectivity index (χ4n) is 2.60. The minimum Gasteiger partial charge on any atom is -0.467 e. The highest BCUT2D eigenvalue weighted by atomic mass is 32.1. The van der Waals surface area contributed by atoms with Gasteiger partial charge >= 0.3 is 0 Å². The van der Waals surface area contributed by atoms with Crippen LogP contribution in [0.4, 0.5) is 5.69 Å². The van der Waals surface area contributed by atoms with E-state index in [-0.39, 0.29) is 10.7 Å². The smallest absolute Gasteiger partial charge is 0.295 e. The molecule has 3 rings (SSSR count). The maximum absolute atomic E-state index is 12.8. The SMILES string of the molecule is Cc1c(NC(=S)NNC(=S)NCc2ccco2)c(=O)n(-c2ccccc2)n1C. The van der Waals surface area contributed by atoms with Crippen LogP contribution in [0.1, 0.15) is 11.5 Å². The molecule has 28 heavy (non-hydrogen) atoms. The van der Waals surface area contributed by atoms with Crippen molar-refractivity contribution < 1.29 is 4.42 Å². The van der Waals surface area contributed by atoms with Crippen molar-refractivity contribution in [1.29, 1.82) is 0 Å². The third kappa shape index (κ3) is 4.41. The van der Waals surface area contributed by atoms with Gasteiger partial charge in [0.25, 0.3) is 5.56 Å². The molecule has 0 fully saturated rings. The molecule has 0 amide bonds. The average Bonchev–Trinajstić information content (AvgIpc) is 3.29. The van der Waals surface area contributed by atoms with Gasteiger partial charge in [0.05, 0.1) is 24.2 Å². The number of hydrogen-bond acceptors (Lipinski definition) is 4. The summed E-state index contributed by atoms with van der Waals surface area (Å²) in [5, 5.41) is 6.46. The number of aromatic nitrogens is 2. The molecule has 0 aliphatic carbocycles. The molecule has 0 saturated heterocycles. The van der Waals surface area contributed by atoms with E-state index in [1.54, 1.807) is 21.7 Å². The number of para-hydroxylation sites is 1. The normalized spacial score (nSPS) is 10.4. The highest BCUT2D eigenvalue weighted by Gasteiger charge is 2.16. The maximum Gasteiger partial charge on any atom is 0.295 e. The number of furan rings is 1. The first-order valence-corrected chi connectivity index (χ1v) is 9.26. The summed E-state index contributed by atoms with van der Waals surface area (Å²) in [6.07, 6.45) is 1.59. The van der Waals surface area contributed by atoms with Gasteiger partial charge in [-0.25, -0.2) is 4.68 Å². The zero-order valence-corrected chi connectivity index (χ0v) is 17.0. The van der Waals surface area contributed by atoms with Crippen molar-refractivity contribution in [2.75, 3.05) is 5.32 Å². The van der Waals surface area contributed by atoms with Crippen molar-refractivity contribution in [2.24, 2.45) is 7.05 Å². The van der Waals surface area contributed by atoms with E-state index in [1.807, 2.05) is 50.4 Å². The summed E-state index contributed by atoms with van der Waals surface area (Å²) in [5.41, 5.74) is 7.23. The third-order valence-corrected chi connectivity index (χ3v) is 4.54. The summed E-state index contributed by atoms with van der Waals surface area (Å²) in [4.78, 5) is 12.8. The van der Waals surface area contributed by atoms with Crippen molar-refractivity contribution >= 4 is 40.3 Å². The number of thiocarbonyl (C=S) groups is 2. The minimum absolute atomic E-state index is 0.200. The van der Waals surface area contributed by atoms with Gasteiger partial charge in [-0.1, -0.05) is 18.2 Å². The Morgan fingerprint density at radius 1 is 1.07 bits per heavy atom. The van der Waals surface area contributed by atoms with E-state index < -0.39 is 0 Å². The predicted molar refractivity (Wildman–Crippen MR) is 116 cm³/mol. The lowest BCUT2D eigenvalue weighted by molar-refractivity contribution is 0.502. The van der Waals surface area contributed by atoms with E-state index in [0.29, 0.717) is 17.3 Å². The number of benzene rings is 1. The van der Waals surface area contributed by atoms with Crippen molar-refractivity contribution in [3.8, 4) is 5.69 Å². The van der Waals surface area contributed by atoms with E-state index in [1.165, 1.54) is 0 Å². The first kappa shape index (κ1) is 19.6. The van der Waals surface area contributed by atoms with Crippen LogP contribution in [0.2, 0.25) is 0 Å². The summed E-state index contributed by atoms with van der Waals surface area (Å²) < 4.78 is 8.56. The first-order chi connectivity index (χ1) is 13.5. The standard InChI is InChI=1S/C18H20N6O2S2/c1-12-15(16(25)24(23(12)2)13-7-4-3-5-8-13)20-18(28)22-21-17(27)19-11-14-9-6-10-26-14/h3-10H,11H2,1-2H3,(H2,19,21,27)(H2,20,22,28). The zero-order valence-electron chi connectivity index (χ0n) is 15.4. The molecule has 2 aromatic heterocycles. The largest absolute Gasteiger partial charge is 0.467 e. The molecule has 146 valence electrons. The molecule has 0 spiro atoms. The summed E-state index contributed by atoms with van der Waals surface area (Å²) >= 11 is 10.4. The summed E-state index contributed by atoms with van der Waals surface area (Å²) in [5.74, 6) is 0.756. The molecule has 1 aromatic carbocycles. The lowest BCUT2D eigenvalue weighted by Gasteiger charge is -2.13. The lowest BCUT2D eigenvalue weighted by atomic mass is 10.3. The number of rotatable bonds is 4. The Bertz CT molecular complexity index is 1020. The van der Waals surface area contributed by atoms with Crippen LogP contribution in [0.5, 0.6) is 0 Å². The monoisotopic (exact) mass is 416 g/mol. The highest BCUT2D eigenvalue weighted by Crippen LogP contribution is 2.13. The fraction of sp³-hybridized carbons (Fsp3) is 0.167. The molecule has 0 atom stereocenters. The second-order valence-electron chi connectivity index (χ2n) is 5.90. The molecule has 0 unspecified atom stereocenters. The molecule has 0 aliphatic rings. The van der Waals surface area contributed by atoms with Gasteiger partial charge in [-0.15, -0.1) is 0 Å². The molecule has 10 heteroatoms. The number of anilines is 1. The number of nitrogens with zero attached hydrogens (tertiary/aromatic N) is 2. The quantitative estimate of drug-likeness (QED) is 0.379. The number of hydrogen-bond donors (Lipinski definition) is 4. The van der Waals surface area contributed by atoms with E-state index in [0.717, 1.165) is 17.1 Å². The van der Waals surface area contributed by atoms with Gasteiger partial charge in [0.1, 0.15) is 11.4 Å². The van der Waals surface area contributed by atoms with Crippen molar-refractivity contribution in [3.63, 3.8) is 0 Å². The molecule has 8 nitrogen and oxygen atoms in total. The first-order valence-electron chi connectivity index (χ1n) is 8.44. The highest BCUT2D eigenvalue weighted by molar-refractivity contribution is 7.80. The van der Waals surface area contributed by atoms with Gasteiger partial charge in [0, 0.05) is 7.05 Å². The summed E-state index contributed by atoms with van der Waals surface area (Å²) in [6, 6.07) is 13.0. The second kappa shape index (κ2) is 8.72. The Morgan fingerprint density at radius 3 is 2.46 bits per heavy atom. The summed E-state index contributed by atoms with van der Waals surface area (Å²) in [7, 11) is 1.82. The lowest BCUT2D eigenvalue weighted by Crippen LogP contribution is -2.48. The summed E-state index contributed by atoms with van der Waals surface area (Å²) in [6.45, 7) is 2.29. The number of nitrogens with one attached hydrogen (secondary N) is 4. The van der Waals surface area contributed by atoms with Crippen LogP contribution in [0.3, 0.4) is 0 Å². The Labute approximate surface area is 172 Å². The minimum atomic E-state index is -0.200. The van der Waals surface area contributed by atoms with Crippen LogP contribution in [0, 0.1) is 6.92 Å². The topological polar surface area (TPSA) is 88.2 Å². The van der Waals surface area contributed by atoms with E-state index in [9.17, 15) is 4.79 Å². The van der Waals surface area contributed by atoms with Gasteiger partial charge in [0.15, 0.2) is 10.2 Å². The predicted octanol–water partition coefficient (Wildman–Crippen LogP) is 1.94. The van der Waals surface area contributed by atoms with Crippen LogP contribution >= 0.6 is 24.4 Å². The Balaban J connectivity index is 1.61. The molecular formula is C18H20N6O2S2. The molecule has 4 N–H and O–H groups in total. The molecule has 2 heterocycles. The molecule has 0 bridgehead atoms. The average molecular weight is 417 g/mol. The Morgan fingerprint density at radius 2 is 1.79 bits per heavy atom. The zero-order chi connectivity index (χ0) is 20.1. The molecule has 0 aliphatic heterocycles. The van der Waals surface area contributed by atoms with E-state index in [4.69, 9.17) is 28.9 Å². The van der Waals surface area contributed by atoms with Crippen LogP contribution in [0.15, 0.2) is 57.9 Å². The maximum atomic E-state index is 12.8. The third-order valence-electron chi connectivity index (χ3n) is 4.09. The Kier molecular flexibility index (Phi) is 6.12. The van der Waals surface area contributed by atoms with Crippen LogP contribution in [-0.4, -0.2) is 19.6 Å². The molecule has 0 saturated carbocycles. The van der Waals surface area contributed by atoms with Crippen molar-refractivity contribution in [1.82, 2.24) is 25.5 Å². The van der Waals surface area contributed by atoms with Crippen molar-refractivity contribution in [2.45, 2.75) is 13.5 Å². The second-order valence-corrected chi connectivity index (χ2v) is 6.72. The van der Waals surface area contributed by atoms with Crippen LogP contribution in [0.25, 0.3) is 5.69 Å². The molecular weight excluding hydrogens is 396 g/mol. The van der Waals surface area contributed by atoms with E-state index in [2.05, 4.69) is 21.5 Å². The number of hydrazine groups is 1. The van der Waals surface area contributed by atoms with Gasteiger partial charge in [-0.05, 0) is 55.6 Å². The van der Waals surface area contributed by atoms with E-state index >= 15 is 0 Å². The van der Waals surface area contributed by atoms with Crippen LogP contribution < -0.4 is 27.0 Å². The van der Waals surface area contributed by atoms with Gasteiger partial charge in [-0.2, -0.15) is 0 Å². The van der Waals surface area contributed by atoms with Gasteiger partial charge in [-0.3, -0.25) is 20.3 Å². The van der Waals surface area contributed by atoms with Crippen molar-refractivity contribution in [3.05, 3.63) is 70.5 Å². The molecule has 0 radical (unpaired) electrons. The Hall–Kier alpha value is -3.11.